The molecule has 0 saturated carbocycles. The number of para-hydroxylation sites is 1. The maximum Gasteiger partial charge on any atom is 0.223 e. The average Bonchev–Trinajstić information content (AvgIpc) is 2.76. The van der Waals surface area contributed by atoms with Gasteiger partial charge in [-0.1, -0.05) is 12.1 Å². The molecule has 1 aromatic rings. The van der Waals surface area contributed by atoms with E-state index in [4.69, 9.17) is 4.74 Å². The normalized spacial score (nSPS) is 14.9. The maximum atomic E-state index is 12.2. The second kappa shape index (κ2) is 5.67. The topological polar surface area (TPSA) is 46.6 Å². The van der Waals surface area contributed by atoms with Crippen LogP contribution in [0.1, 0.15) is 30.1 Å². The van der Waals surface area contributed by atoms with Gasteiger partial charge in [0, 0.05) is 13.0 Å². The smallest absolute Gasteiger partial charge is 0.223 e. The molecule has 0 aliphatic carbocycles. The largest absolute Gasteiger partial charge is 0.493 e. The van der Waals surface area contributed by atoms with E-state index >= 15 is 0 Å². The zero-order chi connectivity index (χ0) is 13.0. The number of ether oxygens (including phenoxy) is 1. The van der Waals surface area contributed by atoms with E-state index in [0.717, 1.165) is 6.42 Å². The zero-order valence-electron chi connectivity index (χ0n) is 10.5. The Hall–Kier alpha value is -1.84. The van der Waals surface area contributed by atoms with Crippen molar-refractivity contribution < 1.29 is 14.3 Å². The van der Waals surface area contributed by atoms with Gasteiger partial charge >= 0.3 is 0 Å². The minimum atomic E-state index is -0.0608. The Morgan fingerprint density at radius 2 is 2.17 bits per heavy atom. The van der Waals surface area contributed by atoms with Crippen LogP contribution in [0.15, 0.2) is 24.3 Å². The molecule has 1 aromatic carbocycles. The van der Waals surface area contributed by atoms with Crippen molar-refractivity contribution in [3.05, 3.63) is 29.8 Å². The molecule has 4 heteroatoms. The number of ketones is 1. The van der Waals surface area contributed by atoms with Gasteiger partial charge in [-0.25, -0.2) is 0 Å². The molecule has 0 N–H and O–H groups in total. The first kappa shape index (κ1) is 12.6. The lowest BCUT2D eigenvalue weighted by molar-refractivity contribution is -0.127. The van der Waals surface area contributed by atoms with Crippen molar-refractivity contribution in [2.75, 3.05) is 19.7 Å². The molecular weight excluding hydrogens is 230 g/mol. The van der Waals surface area contributed by atoms with Crippen LogP contribution in [-0.4, -0.2) is 36.3 Å². The second-order valence-electron chi connectivity index (χ2n) is 4.27. The molecule has 1 fully saturated rings. The van der Waals surface area contributed by atoms with E-state index in [-0.39, 0.29) is 18.2 Å². The quantitative estimate of drug-likeness (QED) is 0.746. The van der Waals surface area contributed by atoms with Gasteiger partial charge in [0.2, 0.25) is 5.91 Å². The highest BCUT2D eigenvalue weighted by molar-refractivity contribution is 6.01. The number of amides is 1. The summed E-state index contributed by atoms with van der Waals surface area (Å²) in [5, 5.41) is 0. The molecule has 1 saturated heterocycles. The Balaban J connectivity index is 2.10. The molecule has 18 heavy (non-hydrogen) atoms. The summed E-state index contributed by atoms with van der Waals surface area (Å²) < 4.78 is 5.43. The number of hydrogen-bond acceptors (Lipinski definition) is 3. The number of nitrogens with zero attached hydrogens (tertiary/aromatic N) is 1. The maximum absolute atomic E-state index is 12.2. The third-order valence-corrected chi connectivity index (χ3v) is 2.99. The fourth-order valence-electron chi connectivity index (χ4n) is 2.11. The molecule has 96 valence electrons. The van der Waals surface area contributed by atoms with E-state index in [2.05, 4.69) is 0 Å². The first-order valence-corrected chi connectivity index (χ1v) is 6.25. The fraction of sp³-hybridized carbons (Fsp3) is 0.429. The van der Waals surface area contributed by atoms with Gasteiger partial charge in [0.1, 0.15) is 5.75 Å². The Morgan fingerprint density at radius 3 is 2.83 bits per heavy atom. The standard InChI is InChI=1S/C14H17NO3/c1-2-18-13-7-4-3-6-11(13)12(16)10-15-9-5-8-14(15)17/h3-4,6-7H,2,5,8-10H2,1H3. The third kappa shape index (κ3) is 2.70. The Bertz CT molecular complexity index is 456. The second-order valence-corrected chi connectivity index (χ2v) is 4.27. The molecule has 0 aromatic heterocycles. The molecule has 0 radical (unpaired) electrons. The molecule has 1 aliphatic rings. The van der Waals surface area contributed by atoms with Crippen molar-refractivity contribution in [3.8, 4) is 5.75 Å². The summed E-state index contributed by atoms with van der Waals surface area (Å²) in [4.78, 5) is 25.3. The van der Waals surface area contributed by atoms with Gasteiger partial charge < -0.3 is 9.64 Å². The van der Waals surface area contributed by atoms with Crippen LogP contribution in [-0.2, 0) is 4.79 Å². The van der Waals surface area contributed by atoms with Crippen molar-refractivity contribution in [1.82, 2.24) is 4.90 Å². The highest BCUT2D eigenvalue weighted by Crippen LogP contribution is 2.20. The number of likely N-dealkylation sites (tertiary alicyclic amines) is 1. The lowest BCUT2D eigenvalue weighted by Gasteiger charge is -2.15. The van der Waals surface area contributed by atoms with Gasteiger partial charge in [0.15, 0.2) is 5.78 Å². The fourth-order valence-corrected chi connectivity index (χ4v) is 2.11. The summed E-state index contributed by atoms with van der Waals surface area (Å²) in [5.41, 5.74) is 0.555. The van der Waals surface area contributed by atoms with Crippen molar-refractivity contribution in [3.63, 3.8) is 0 Å². The number of benzene rings is 1. The van der Waals surface area contributed by atoms with E-state index in [1.807, 2.05) is 19.1 Å². The molecule has 0 spiro atoms. The van der Waals surface area contributed by atoms with E-state index < -0.39 is 0 Å². The van der Waals surface area contributed by atoms with Crippen LogP contribution in [0.4, 0.5) is 0 Å². The number of carbonyl (C=O) groups excluding carboxylic acids is 2. The molecule has 1 aliphatic heterocycles. The van der Waals surface area contributed by atoms with Crippen LogP contribution in [0.2, 0.25) is 0 Å². The van der Waals surface area contributed by atoms with Crippen LogP contribution in [0.5, 0.6) is 5.75 Å². The highest BCUT2D eigenvalue weighted by atomic mass is 16.5. The van der Waals surface area contributed by atoms with Gasteiger partial charge in [-0.05, 0) is 25.5 Å². The van der Waals surface area contributed by atoms with Crippen LogP contribution >= 0.6 is 0 Å². The summed E-state index contributed by atoms with van der Waals surface area (Å²) >= 11 is 0. The Morgan fingerprint density at radius 1 is 1.39 bits per heavy atom. The predicted octanol–water partition coefficient (Wildman–Crippen LogP) is 1.89. The lowest BCUT2D eigenvalue weighted by atomic mass is 10.1. The molecule has 0 bridgehead atoms. The number of rotatable bonds is 5. The molecule has 1 heterocycles. The van der Waals surface area contributed by atoms with E-state index in [1.54, 1.807) is 17.0 Å². The monoisotopic (exact) mass is 247 g/mol. The Kier molecular flexibility index (Phi) is 3.97. The molecular formula is C14H17NO3. The summed E-state index contributed by atoms with van der Waals surface area (Å²) in [6.45, 7) is 3.24. The number of hydrogen-bond donors (Lipinski definition) is 0. The van der Waals surface area contributed by atoms with Gasteiger partial charge in [0.05, 0.1) is 18.7 Å². The highest BCUT2D eigenvalue weighted by Gasteiger charge is 2.23. The van der Waals surface area contributed by atoms with Crippen molar-refractivity contribution in [2.45, 2.75) is 19.8 Å². The van der Waals surface area contributed by atoms with Crippen LogP contribution in [0, 0.1) is 0 Å². The number of carbonyl (C=O) groups is 2. The van der Waals surface area contributed by atoms with E-state index in [0.29, 0.717) is 30.9 Å². The minimum Gasteiger partial charge on any atom is -0.493 e. The zero-order valence-corrected chi connectivity index (χ0v) is 10.5. The first-order chi connectivity index (χ1) is 8.72. The summed E-state index contributed by atoms with van der Waals surface area (Å²) in [6.07, 6.45) is 1.40. The molecule has 0 atom stereocenters. The molecule has 2 rings (SSSR count). The van der Waals surface area contributed by atoms with Gasteiger partial charge in [-0.3, -0.25) is 9.59 Å². The molecule has 1 amide bonds. The van der Waals surface area contributed by atoms with E-state index in [9.17, 15) is 9.59 Å². The van der Waals surface area contributed by atoms with Crippen molar-refractivity contribution >= 4 is 11.7 Å². The number of Topliss-reactive ketones (excluding diaryl/α,β-unsaturated/α-hetero) is 1. The van der Waals surface area contributed by atoms with Gasteiger partial charge in [-0.15, -0.1) is 0 Å². The first-order valence-electron chi connectivity index (χ1n) is 6.25. The SMILES string of the molecule is CCOc1ccccc1C(=O)CN1CCCC1=O. The predicted molar refractivity (Wildman–Crippen MR) is 67.8 cm³/mol. The average molecular weight is 247 g/mol. The van der Waals surface area contributed by atoms with Crippen LogP contribution in [0.25, 0.3) is 0 Å². The van der Waals surface area contributed by atoms with Crippen molar-refractivity contribution in [1.29, 1.82) is 0 Å². The summed E-state index contributed by atoms with van der Waals surface area (Å²) in [5.74, 6) is 0.600. The lowest BCUT2D eigenvalue weighted by Crippen LogP contribution is -2.31. The summed E-state index contributed by atoms with van der Waals surface area (Å²) in [6, 6.07) is 7.17. The van der Waals surface area contributed by atoms with Crippen LogP contribution < -0.4 is 4.74 Å². The van der Waals surface area contributed by atoms with Gasteiger partial charge in [-0.2, -0.15) is 0 Å². The molecule has 4 nitrogen and oxygen atoms in total. The van der Waals surface area contributed by atoms with Crippen LogP contribution in [0.3, 0.4) is 0 Å². The van der Waals surface area contributed by atoms with E-state index in [1.165, 1.54) is 0 Å². The Labute approximate surface area is 107 Å². The van der Waals surface area contributed by atoms with Crippen molar-refractivity contribution in [2.24, 2.45) is 0 Å². The van der Waals surface area contributed by atoms with Gasteiger partial charge in [0.25, 0.3) is 0 Å². The third-order valence-electron chi connectivity index (χ3n) is 2.99. The summed E-state index contributed by atoms with van der Waals surface area (Å²) in [7, 11) is 0. The minimum absolute atomic E-state index is 0.0608. The molecule has 0 unspecified atom stereocenters.